The molecule has 0 bridgehead atoms. The van der Waals surface area contributed by atoms with Gasteiger partial charge in [0.05, 0.1) is 28.4 Å². The SMILES string of the molecule is O=C1C[C@H](c2ccc(Cl)cc2)CC2=C1[C@@H](c1coc3ccccc3c1=O)Nc1ccccc1N2. The number of carbonyl (C=O) groups excluding carboxylic acids is 1. The van der Waals surface area contributed by atoms with E-state index in [0.29, 0.717) is 40.0 Å². The second-order valence-electron chi connectivity index (χ2n) is 8.74. The number of fused-ring (bicyclic) bond motifs is 2. The summed E-state index contributed by atoms with van der Waals surface area (Å²) in [7, 11) is 0. The van der Waals surface area contributed by atoms with Crippen LogP contribution in [0.1, 0.15) is 35.9 Å². The summed E-state index contributed by atoms with van der Waals surface area (Å²) in [5, 5.41) is 8.11. The fourth-order valence-corrected chi connectivity index (χ4v) is 5.11. The van der Waals surface area contributed by atoms with Crippen molar-refractivity contribution in [3.63, 3.8) is 0 Å². The van der Waals surface area contributed by atoms with Crippen LogP contribution in [0.5, 0.6) is 0 Å². The molecule has 5 nitrogen and oxygen atoms in total. The number of hydrogen-bond donors (Lipinski definition) is 2. The van der Waals surface area contributed by atoms with E-state index in [2.05, 4.69) is 10.6 Å². The minimum atomic E-state index is -0.620. The van der Waals surface area contributed by atoms with E-state index in [1.165, 1.54) is 6.26 Å². The van der Waals surface area contributed by atoms with Crippen LogP contribution in [0.25, 0.3) is 11.0 Å². The van der Waals surface area contributed by atoms with Gasteiger partial charge in [-0.2, -0.15) is 0 Å². The maximum atomic E-state index is 13.6. The van der Waals surface area contributed by atoms with E-state index in [1.807, 2.05) is 60.7 Å². The molecule has 2 N–H and O–H groups in total. The molecule has 2 aliphatic rings. The number of ketones is 1. The van der Waals surface area contributed by atoms with Crippen LogP contribution in [0.2, 0.25) is 5.02 Å². The van der Waals surface area contributed by atoms with Crippen molar-refractivity contribution in [3.8, 4) is 0 Å². The Labute approximate surface area is 201 Å². The first kappa shape index (κ1) is 20.8. The van der Waals surface area contributed by atoms with Crippen LogP contribution in [0.4, 0.5) is 11.4 Å². The molecule has 0 saturated carbocycles. The lowest BCUT2D eigenvalue weighted by atomic mass is 9.78. The lowest BCUT2D eigenvalue weighted by Gasteiger charge is -2.29. The van der Waals surface area contributed by atoms with Crippen molar-refractivity contribution in [2.24, 2.45) is 0 Å². The number of Topliss-reactive ketones (excluding diaryl/α,β-unsaturated/α-hetero) is 1. The molecule has 0 unspecified atom stereocenters. The third-order valence-electron chi connectivity index (χ3n) is 6.67. The van der Waals surface area contributed by atoms with Gasteiger partial charge in [-0.3, -0.25) is 9.59 Å². The van der Waals surface area contributed by atoms with Gasteiger partial charge < -0.3 is 15.1 Å². The van der Waals surface area contributed by atoms with Crippen molar-refractivity contribution < 1.29 is 9.21 Å². The van der Waals surface area contributed by atoms with Gasteiger partial charge in [-0.25, -0.2) is 0 Å². The van der Waals surface area contributed by atoms with E-state index < -0.39 is 6.04 Å². The maximum absolute atomic E-state index is 13.6. The minimum absolute atomic E-state index is 0.00608. The van der Waals surface area contributed by atoms with Gasteiger partial charge in [-0.1, -0.05) is 48.0 Å². The van der Waals surface area contributed by atoms with Gasteiger partial charge >= 0.3 is 0 Å². The summed E-state index contributed by atoms with van der Waals surface area (Å²) >= 11 is 6.08. The number of carbonyl (C=O) groups is 1. The van der Waals surface area contributed by atoms with Crippen LogP contribution in [0.3, 0.4) is 0 Å². The molecule has 2 heterocycles. The van der Waals surface area contributed by atoms with Crippen LogP contribution >= 0.6 is 11.6 Å². The van der Waals surface area contributed by atoms with Crippen LogP contribution in [0, 0.1) is 0 Å². The first-order valence-electron chi connectivity index (χ1n) is 11.2. The lowest BCUT2D eigenvalue weighted by molar-refractivity contribution is -0.116. The smallest absolute Gasteiger partial charge is 0.198 e. The Hall–Kier alpha value is -3.83. The molecule has 0 saturated heterocycles. The van der Waals surface area contributed by atoms with E-state index in [1.54, 1.807) is 12.1 Å². The van der Waals surface area contributed by atoms with E-state index >= 15 is 0 Å². The Kier molecular flexibility index (Phi) is 5.00. The predicted molar refractivity (Wildman–Crippen MR) is 134 cm³/mol. The molecule has 1 aromatic heterocycles. The molecule has 4 aromatic rings. The van der Waals surface area contributed by atoms with Gasteiger partial charge in [0.15, 0.2) is 11.2 Å². The van der Waals surface area contributed by atoms with E-state index in [0.717, 1.165) is 22.6 Å². The van der Waals surface area contributed by atoms with Crippen molar-refractivity contribution in [1.82, 2.24) is 0 Å². The molecule has 2 atom stereocenters. The van der Waals surface area contributed by atoms with Crippen molar-refractivity contribution in [2.45, 2.75) is 24.8 Å². The number of halogens is 1. The van der Waals surface area contributed by atoms with Crippen LogP contribution in [-0.4, -0.2) is 5.78 Å². The van der Waals surface area contributed by atoms with Crippen LogP contribution < -0.4 is 16.1 Å². The molecule has 0 radical (unpaired) electrons. The third kappa shape index (κ3) is 3.49. The van der Waals surface area contributed by atoms with Gasteiger partial charge in [-0.15, -0.1) is 0 Å². The molecule has 34 heavy (non-hydrogen) atoms. The molecule has 0 amide bonds. The second kappa shape index (κ2) is 8.19. The van der Waals surface area contributed by atoms with Crippen molar-refractivity contribution >= 4 is 39.7 Å². The summed E-state index contributed by atoms with van der Waals surface area (Å²) < 4.78 is 5.82. The summed E-state index contributed by atoms with van der Waals surface area (Å²) in [5.41, 5.74) is 4.97. The average Bonchev–Trinajstić information content (AvgIpc) is 3.02. The third-order valence-corrected chi connectivity index (χ3v) is 6.92. The zero-order chi connectivity index (χ0) is 23.2. The summed E-state index contributed by atoms with van der Waals surface area (Å²) in [6.45, 7) is 0. The standard InChI is InChI=1S/C28H21ClN2O3/c29-18-11-9-16(10-12-18)17-13-23-26(24(32)14-17)27(31-22-7-3-2-6-21(22)30-23)20-15-34-25-8-4-1-5-19(25)28(20)33/h1-12,15,17,27,30-31H,13-14H2/t17-,27-/m1/s1. The lowest BCUT2D eigenvalue weighted by Crippen LogP contribution is -2.29. The Morgan fingerprint density at radius 2 is 1.59 bits per heavy atom. The minimum Gasteiger partial charge on any atom is -0.464 e. The Morgan fingerprint density at radius 3 is 2.41 bits per heavy atom. The van der Waals surface area contributed by atoms with E-state index in [9.17, 15) is 9.59 Å². The van der Waals surface area contributed by atoms with Crippen molar-refractivity contribution in [2.75, 3.05) is 10.6 Å². The molecular formula is C28H21ClN2O3. The summed E-state index contributed by atoms with van der Waals surface area (Å²) in [4.78, 5) is 27.1. The number of anilines is 2. The Balaban J connectivity index is 1.51. The molecular weight excluding hydrogens is 448 g/mol. The van der Waals surface area contributed by atoms with Gasteiger partial charge in [0.1, 0.15) is 11.8 Å². The first-order valence-corrected chi connectivity index (χ1v) is 11.6. The molecule has 1 aliphatic heterocycles. The zero-order valence-electron chi connectivity index (χ0n) is 18.2. The normalized spacial score (nSPS) is 19.6. The van der Waals surface area contributed by atoms with Crippen molar-refractivity contribution in [1.29, 1.82) is 0 Å². The van der Waals surface area contributed by atoms with Gasteiger partial charge in [0, 0.05) is 22.7 Å². The molecule has 1 aliphatic carbocycles. The van der Waals surface area contributed by atoms with Crippen molar-refractivity contribution in [3.05, 3.63) is 117 Å². The number of nitrogens with one attached hydrogen (secondary N) is 2. The largest absolute Gasteiger partial charge is 0.464 e. The Bertz CT molecular complexity index is 1520. The fraction of sp³-hybridized carbons (Fsp3) is 0.143. The second-order valence-corrected chi connectivity index (χ2v) is 9.17. The van der Waals surface area contributed by atoms with Gasteiger partial charge in [0.25, 0.3) is 0 Å². The molecule has 6 heteroatoms. The molecule has 0 fully saturated rings. The summed E-state index contributed by atoms with van der Waals surface area (Å²) in [6, 6.07) is 22.0. The monoisotopic (exact) mass is 468 g/mol. The summed E-state index contributed by atoms with van der Waals surface area (Å²) in [6.07, 6.45) is 2.49. The highest BCUT2D eigenvalue weighted by Crippen LogP contribution is 2.44. The number of rotatable bonds is 2. The van der Waals surface area contributed by atoms with Gasteiger partial charge in [-0.05, 0) is 54.3 Å². The molecule has 3 aromatic carbocycles. The quantitative estimate of drug-likeness (QED) is 0.355. The topological polar surface area (TPSA) is 71.3 Å². The van der Waals surface area contributed by atoms with Crippen LogP contribution in [0.15, 0.2) is 99.5 Å². The summed E-state index contributed by atoms with van der Waals surface area (Å²) in [5.74, 6) is 0.0292. The van der Waals surface area contributed by atoms with Crippen LogP contribution in [-0.2, 0) is 4.79 Å². The molecule has 168 valence electrons. The number of hydrogen-bond acceptors (Lipinski definition) is 5. The number of allylic oxidation sites excluding steroid dienone is 1. The Morgan fingerprint density at radius 1 is 0.853 bits per heavy atom. The predicted octanol–water partition coefficient (Wildman–Crippen LogP) is 6.43. The highest BCUT2D eigenvalue weighted by atomic mass is 35.5. The zero-order valence-corrected chi connectivity index (χ0v) is 18.9. The molecule has 0 spiro atoms. The number of para-hydroxylation sites is 3. The highest BCUT2D eigenvalue weighted by Gasteiger charge is 2.37. The first-order chi connectivity index (χ1) is 16.6. The number of benzene rings is 3. The van der Waals surface area contributed by atoms with Gasteiger partial charge in [0.2, 0.25) is 0 Å². The van der Waals surface area contributed by atoms with E-state index in [-0.39, 0.29) is 17.1 Å². The average molecular weight is 469 g/mol. The van der Waals surface area contributed by atoms with E-state index in [4.69, 9.17) is 16.0 Å². The molecule has 6 rings (SSSR count). The highest BCUT2D eigenvalue weighted by molar-refractivity contribution is 6.30. The maximum Gasteiger partial charge on any atom is 0.198 e. The fourth-order valence-electron chi connectivity index (χ4n) is 4.99.